The number of hydrogen-bond donors (Lipinski definition) is 3. The quantitative estimate of drug-likeness (QED) is 0.401. The fourth-order valence-corrected chi connectivity index (χ4v) is 9.02. The lowest BCUT2D eigenvalue weighted by molar-refractivity contribution is -0.417. The minimum absolute atomic E-state index is 0.00128. The molecule has 7 atom stereocenters. The van der Waals surface area contributed by atoms with Crippen molar-refractivity contribution in [1.29, 1.82) is 0 Å². The summed E-state index contributed by atoms with van der Waals surface area (Å²) in [6, 6.07) is -0.643. The third-order valence-corrected chi connectivity index (χ3v) is 10.7. The van der Waals surface area contributed by atoms with Crippen molar-refractivity contribution in [2.75, 3.05) is 5.88 Å². The molecular formula is C27H40ClNO5. The molecule has 1 amide bonds. The number of carbonyl (C=O) groups is 2. The van der Waals surface area contributed by atoms with Crippen LogP contribution in [0.2, 0.25) is 0 Å². The van der Waals surface area contributed by atoms with E-state index in [4.69, 9.17) is 16.3 Å². The van der Waals surface area contributed by atoms with Crippen LogP contribution in [0.4, 0.5) is 0 Å². The Bertz CT molecular complexity index is 990. The molecule has 3 aliphatic carbocycles. The molecule has 190 valence electrons. The SMILES string of the molecule is C=C[C@@]1(C)CC(=O)[C@@]23C(C)(C)C4(O)CC(O)C(C)(C)C(=C[C@H](NC(=O)CCCCl)[C@@]2(C)O1)[C@]43C. The first kappa shape index (κ1) is 25.9. The highest BCUT2D eigenvalue weighted by molar-refractivity contribution is 6.17. The van der Waals surface area contributed by atoms with Gasteiger partial charge in [0.25, 0.3) is 0 Å². The number of rotatable bonds is 5. The van der Waals surface area contributed by atoms with Gasteiger partial charge in [-0.15, -0.1) is 18.2 Å². The molecule has 2 unspecified atom stereocenters. The second-order valence-corrected chi connectivity index (χ2v) is 12.9. The lowest BCUT2D eigenvalue weighted by Crippen LogP contribution is -2.95. The Hall–Kier alpha value is -1.21. The minimum atomic E-state index is -1.32. The van der Waals surface area contributed by atoms with E-state index in [2.05, 4.69) is 11.9 Å². The molecule has 1 heterocycles. The smallest absolute Gasteiger partial charge is 0.220 e. The van der Waals surface area contributed by atoms with Crippen molar-refractivity contribution < 1.29 is 24.5 Å². The second-order valence-electron chi connectivity index (χ2n) is 12.5. The first-order chi connectivity index (χ1) is 15.5. The van der Waals surface area contributed by atoms with Gasteiger partial charge in [0.1, 0.15) is 11.4 Å². The van der Waals surface area contributed by atoms with E-state index in [0.29, 0.717) is 12.3 Å². The lowest BCUT2D eigenvalue weighted by Gasteiger charge is -2.86. The van der Waals surface area contributed by atoms with Gasteiger partial charge in [-0.2, -0.15) is 0 Å². The Balaban J connectivity index is 2.02. The fourth-order valence-electron chi connectivity index (χ4n) is 8.89. The van der Waals surface area contributed by atoms with Gasteiger partial charge in [-0.1, -0.05) is 52.3 Å². The average Bonchev–Trinajstić information content (AvgIpc) is 2.72. The van der Waals surface area contributed by atoms with E-state index < -0.39 is 50.6 Å². The van der Waals surface area contributed by atoms with Gasteiger partial charge >= 0.3 is 0 Å². The normalized spacial score (nSPS) is 48.1. The maximum Gasteiger partial charge on any atom is 0.220 e. The number of hydrogen-bond acceptors (Lipinski definition) is 5. The van der Waals surface area contributed by atoms with Gasteiger partial charge in [0.15, 0.2) is 0 Å². The zero-order valence-electron chi connectivity index (χ0n) is 21.5. The molecule has 1 aliphatic heterocycles. The average molecular weight is 494 g/mol. The number of alkyl halides is 1. The van der Waals surface area contributed by atoms with Gasteiger partial charge in [-0.3, -0.25) is 9.59 Å². The molecule has 0 aromatic carbocycles. The first-order valence-electron chi connectivity index (χ1n) is 12.3. The Labute approximate surface area is 208 Å². The predicted octanol–water partition coefficient (Wildman–Crippen LogP) is 3.68. The van der Waals surface area contributed by atoms with Crippen LogP contribution in [0.15, 0.2) is 24.3 Å². The summed E-state index contributed by atoms with van der Waals surface area (Å²) in [5.41, 5.74) is -6.33. The predicted molar refractivity (Wildman–Crippen MR) is 131 cm³/mol. The molecule has 1 saturated heterocycles. The van der Waals surface area contributed by atoms with Crippen molar-refractivity contribution in [3.8, 4) is 0 Å². The van der Waals surface area contributed by atoms with E-state index in [1.165, 1.54) is 0 Å². The first-order valence-corrected chi connectivity index (χ1v) is 12.9. The monoisotopic (exact) mass is 493 g/mol. The second kappa shape index (κ2) is 7.18. The fraction of sp³-hybridized carbons (Fsp3) is 0.778. The highest BCUT2D eigenvalue weighted by Crippen LogP contribution is 2.87. The van der Waals surface area contributed by atoms with Gasteiger partial charge < -0.3 is 20.3 Å². The van der Waals surface area contributed by atoms with E-state index in [1.807, 2.05) is 54.5 Å². The van der Waals surface area contributed by atoms with Crippen molar-refractivity contribution in [1.82, 2.24) is 5.32 Å². The Morgan fingerprint density at radius 1 is 1.26 bits per heavy atom. The van der Waals surface area contributed by atoms with Crippen molar-refractivity contribution in [2.45, 2.75) is 103 Å². The number of ether oxygens (including phenoxy) is 1. The number of amides is 1. The number of ketones is 1. The van der Waals surface area contributed by atoms with Crippen molar-refractivity contribution in [3.63, 3.8) is 0 Å². The minimum Gasteiger partial charge on any atom is -0.392 e. The van der Waals surface area contributed by atoms with Crippen molar-refractivity contribution in [3.05, 3.63) is 24.3 Å². The third-order valence-electron chi connectivity index (χ3n) is 10.4. The van der Waals surface area contributed by atoms with Crippen LogP contribution in [0.5, 0.6) is 0 Å². The standard InChI is InChI=1S/C27H40ClNO5/c1-9-23(6)14-19(31)27-22(4,5)26(33)15-18(30)21(2,3)16(24(26,27)7)13-17(25(27,8)34-23)29-20(32)11-10-12-28/h9,13,17-18,30,33H,1,10-12,14-15H2,2-8H3,(H,29,32)/t17-,18?,23-,24+,25+,26?,27-/m0/s1. The summed E-state index contributed by atoms with van der Waals surface area (Å²) in [6.07, 6.45) is 3.89. The number of Topliss-reactive ketones (excluding diaryl/α,β-unsaturated/α-hetero) is 1. The molecule has 2 saturated carbocycles. The van der Waals surface area contributed by atoms with E-state index in [0.717, 1.165) is 5.57 Å². The molecule has 0 aromatic rings. The van der Waals surface area contributed by atoms with E-state index in [9.17, 15) is 19.8 Å². The van der Waals surface area contributed by atoms with E-state index in [-0.39, 0.29) is 31.0 Å². The summed E-state index contributed by atoms with van der Waals surface area (Å²) in [6.45, 7) is 17.3. The topological polar surface area (TPSA) is 95.9 Å². The number of nitrogens with one attached hydrogen (secondary N) is 1. The molecule has 4 rings (SSSR count). The Morgan fingerprint density at radius 3 is 2.44 bits per heavy atom. The number of aliphatic hydroxyl groups is 2. The zero-order chi connectivity index (χ0) is 25.8. The molecule has 3 fully saturated rings. The van der Waals surface area contributed by atoms with Gasteiger partial charge in [0, 0.05) is 41.4 Å². The summed E-state index contributed by atoms with van der Waals surface area (Å²) >= 11 is 5.82. The molecule has 1 spiro atoms. The van der Waals surface area contributed by atoms with E-state index >= 15 is 0 Å². The highest BCUT2D eigenvalue weighted by atomic mass is 35.5. The lowest BCUT2D eigenvalue weighted by atomic mass is 9.18. The zero-order valence-corrected chi connectivity index (χ0v) is 22.3. The molecule has 0 aromatic heterocycles. The number of aliphatic hydroxyl groups excluding tert-OH is 1. The van der Waals surface area contributed by atoms with Crippen LogP contribution in [-0.4, -0.2) is 56.7 Å². The summed E-state index contributed by atoms with van der Waals surface area (Å²) in [7, 11) is 0. The van der Waals surface area contributed by atoms with Crippen LogP contribution >= 0.6 is 11.6 Å². The largest absolute Gasteiger partial charge is 0.392 e. The van der Waals surface area contributed by atoms with E-state index in [1.54, 1.807) is 6.08 Å². The molecular weight excluding hydrogens is 454 g/mol. The Kier molecular flexibility index (Phi) is 5.46. The van der Waals surface area contributed by atoms with Gasteiger partial charge in [0.05, 0.1) is 28.8 Å². The summed E-state index contributed by atoms with van der Waals surface area (Å²) < 4.78 is 6.84. The van der Waals surface area contributed by atoms with Crippen molar-refractivity contribution >= 4 is 23.3 Å². The van der Waals surface area contributed by atoms with Crippen LogP contribution in [0, 0.1) is 21.7 Å². The molecule has 7 heteroatoms. The summed E-state index contributed by atoms with van der Waals surface area (Å²) in [5.74, 6) is 0.200. The van der Waals surface area contributed by atoms with Crippen LogP contribution in [-0.2, 0) is 14.3 Å². The molecule has 34 heavy (non-hydrogen) atoms. The third kappa shape index (κ3) is 2.49. The maximum absolute atomic E-state index is 14.4. The number of halogens is 1. The van der Waals surface area contributed by atoms with Crippen LogP contribution in [0.3, 0.4) is 0 Å². The summed E-state index contributed by atoms with van der Waals surface area (Å²) in [5, 5.41) is 26.5. The maximum atomic E-state index is 14.4. The van der Waals surface area contributed by atoms with Crippen LogP contribution < -0.4 is 5.32 Å². The number of carbonyl (C=O) groups excluding carboxylic acids is 2. The molecule has 0 radical (unpaired) electrons. The van der Waals surface area contributed by atoms with Gasteiger partial charge in [-0.25, -0.2) is 0 Å². The Morgan fingerprint density at radius 2 is 1.88 bits per heavy atom. The van der Waals surface area contributed by atoms with Gasteiger partial charge in [0.2, 0.25) is 5.91 Å². The van der Waals surface area contributed by atoms with Gasteiger partial charge in [-0.05, 0) is 20.3 Å². The highest BCUT2D eigenvalue weighted by Gasteiger charge is 2.94. The molecule has 0 bridgehead atoms. The summed E-state index contributed by atoms with van der Waals surface area (Å²) in [4.78, 5) is 27.4. The molecule has 3 N–H and O–H groups in total. The molecule has 6 nitrogen and oxygen atoms in total. The van der Waals surface area contributed by atoms with Crippen molar-refractivity contribution in [2.24, 2.45) is 21.7 Å². The molecule has 4 aliphatic rings. The van der Waals surface area contributed by atoms with Crippen LogP contribution in [0.25, 0.3) is 0 Å². The van der Waals surface area contributed by atoms with Crippen LogP contribution in [0.1, 0.15) is 74.1 Å².